The van der Waals surface area contributed by atoms with Crippen LogP contribution in [-0.2, 0) is 9.59 Å². The van der Waals surface area contributed by atoms with Crippen LogP contribution in [0.3, 0.4) is 0 Å². The van der Waals surface area contributed by atoms with Gasteiger partial charge in [-0.05, 0) is 13.3 Å². The molecule has 0 aromatic rings. The van der Waals surface area contributed by atoms with Crippen molar-refractivity contribution in [2.24, 2.45) is 0 Å². The second kappa shape index (κ2) is 9.26. The summed E-state index contributed by atoms with van der Waals surface area (Å²) in [5.41, 5.74) is 0. The van der Waals surface area contributed by atoms with Gasteiger partial charge in [-0.2, -0.15) is 0 Å². The zero-order valence-electron chi connectivity index (χ0n) is 6.73. The van der Waals surface area contributed by atoms with Crippen molar-refractivity contribution in [1.29, 1.82) is 0 Å². The Bertz CT molecular complexity index is 101. The van der Waals surface area contributed by atoms with Crippen molar-refractivity contribution in [3.63, 3.8) is 0 Å². The van der Waals surface area contributed by atoms with Crippen molar-refractivity contribution in [1.82, 2.24) is 0 Å². The van der Waals surface area contributed by atoms with E-state index in [9.17, 15) is 9.59 Å². The summed E-state index contributed by atoms with van der Waals surface area (Å²) in [7, 11) is 0. The van der Waals surface area contributed by atoms with Crippen molar-refractivity contribution >= 4 is 12.6 Å². The van der Waals surface area contributed by atoms with Gasteiger partial charge in [0.05, 0.1) is 0 Å². The topological polar surface area (TPSA) is 74.6 Å². The van der Waals surface area contributed by atoms with Crippen LogP contribution in [0.2, 0.25) is 0 Å². The third-order valence-corrected chi connectivity index (χ3v) is 0.772. The average molecular weight is 162 g/mol. The Hall–Kier alpha value is -0.740. The standard InChI is InChI=1S/C4H8O2.C3H6O2/c1-2-4(6)3-5;1-3(5)2-4/h3-4,6H,2H2,1H3;2-3,5H,1H3. The summed E-state index contributed by atoms with van der Waals surface area (Å²) in [6.07, 6.45) is -0.0243. The van der Waals surface area contributed by atoms with E-state index in [1.165, 1.54) is 6.92 Å². The predicted molar refractivity (Wildman–Crippen MR) is 40.1 cm³/mol. The molecule has 0 radical (unpaired) electrons. The van der Waals surface area contributed by atoms with Crippen LogP contribution in [0.15, 0.2) is 0 Å². The lowest BCUT2D eigenvalue weighted by atomic mass is 10.3. The molecule has 2 N–H and O–H groups in total. The zero-order chi connectivity index (χ0) is 9.28. The van der Waals surface area contributed by atoms with E-state index in [0.717, 1.165) is 0 Å². The Labute approximate surface area is 65.8 Å². The van der Waals surface area contributed by atoms with Gasteiger partial charge in [-0.1, -0.05) is 6.92 Å². The van der Waals surface area contributed by atoms with Crippen LogP contribution in [0, 0.1) is 0 Å². The summed E-state index contributed by atoms with van der Waals surface area (Å²) < 4.78 is 0. The maximum Gasteiger partial charge on any atom is 0.148 e. The van der Waals surface area contributed by atoms with Crippen LogP contribution >= 0.6 is 0 Å². The zero-order valence-corrected chi connectivity index (χ0v) is 6.73. The van der Waals surface area contributed by atoms with Crippen molar-refractivity contribution < 1.29 is 19.8 Å². The maximum atomic E-state index is 9.49. The van der Waals surface area contributed by atoms with E-state index in [4.69, 9.17) is 10.2 Å². The molecule has 0 saturated carbocycles. The fourth-order valence-corrected chi connectivity index (χ4v) is 0.0962. The molecule has 66 valence electrons. The van der Waals surface area contributed by atoms with Crippen molar-refractivity contribution in [3.8, 4) is 0 Å². The molecular weight excluding hydrogens is 148 g/mol. The number of aliphatic hydroxyl groups excluding tert-OH is 2. The Morgan fingerprint density at radius 3 is 1.64 bits per heavy atom. The molecule has 0 aliphatic rings. The molecule has 4 nitrogen and oxygen atoms in total. The van der Waals surface area contributed by atoms with E-state index in [1.54, 1.807) is 6.92 Å². The first-order valence-electron chi connectivity index (χ1n) is 3.35. The van der Waals surface area contributed by atoms with E-state index in [2.05, 4.69) is 0 Å². The number of carbonyl (C=O) groups is 2. The van der Waals surface area contributed by atoms with Crippen molar-refractivity contribution in [2.45, 2.75) is 32.5 Å². The van der Waals surface area contributed by atoms with E-state index >= 15 is 0 Å². The molecule has 2 atom stereocenters. The SMILES string of the molecule is CC(O)C=O.CCC(O)C=O. The summed E-state index contributed by atoms with van der Waals surface area (Å²) in [5, 5.41) is 16.3. The highest BCUT2D eigenvalue weighted by atomic mass is 16.3. The molecule has 0 amide bonds. The van der Waals surface area contributed by atoms with Crippen LogP contribution in [0.5, 0.6) is 0 Å². The smallest absolute Gasteiger partial charge is 0.148 e. The Balaban J connectivity index is 0. The van der Waals surface area contributed by atoms with E-state index in [1.807, 2.05) is 0 Å². The quantitative estimate of drug-likeness (QED) is 0.550. The second-order valence-corrected chi connectivity index (χ2v) is 1.99. The van der Waals surface area contributed by atoms with Gasteiger partial charge in [-0.3, -0.25) is 0 Å². The van der Waals surface area contributed by atoms with Gasteiger partial charge in [0.15, 0.2) is 0 Å². The highest BCUT2D eigenvalue weighted by Crippen LogP contribution is 1.79. The van der Waals surface area contributed by atoms with Crippen LogP contribution < -0.4 is 0 Å². The van der Waals surface area contributed by atoms with Gasteiger partial charge in [0.1, 0.15) is 24.8 Å². The van der Waals surface area contributed by atoms with Crippen LogP contribution in [0.1, 0.15) is 20.3 Å². The summed E-state index contributed by atoms with van der Waals surface area (Å²) in [6.45, 7) is 3.16. The van der Waals surface area contributed by atoms with Crippen molar-refractivity contribution in [3.05, 3.63) is 0 Å². The first kappa shape index (κ1) is 12.9. The summed E-state index contributed by atoms with van der Waals surface area (Å²) in [5.74, 6) is 0. The summed E-state index contributed by atoms with van der Waals surface area (Å²) in [6, 6.07) is 0. The van der Waals surface area contributed by atoms with Crippen LogP contribution in [-0.4, -0.2) is 35.0 Å². The highest BCUT2D eigenvalue weighted by molar-refractivity contribution is 5.55. The molecule has 0 saturated heterocycles. The molecule has 11 heavy (non-hydrogen) atoms. The molecule has 0 aliphatic carbocycles. The van der Waals surface area contributed by atoms with Crippen molar-refractivity contribution in [2.75, 3.05) is 0 Å². The first-order chi connectivity index (χ1) is 5.08. The van der Waals surface area contributed by atoms with Gasteiger partial charge < -0.3 is 19.8 Å². The molecule has 4 heteroatoms. The highest BCUT2D eigenvalue weighted by Gasteiger charge is 1.91. The fourth-order valence-electron chi connectivity index (χ4n) is 0.0962. The summed E-state index contributed by atoms with van der Waals surface area (Å²) in [4.78, 5) is 18.7. The molecular formula is C7H14O4. The predicted octanol–water partition coefficient (Wildman–Crippen LogP) is -0.478. The Kier molecular flexibility index (Phi) is 10.9. The van der Waals surface area contributed by atoms with E-state index < -0.39 is 12.2 Å². The fraction of sp³-hybridized carbons (Fsp3) is 0.714. The van der Waals surface area contributed by atoms with Gasteiger partial charge in [0.2, 0.25) is 0 Å². The Morgan fingerprint density at radius 1 is 1.27 bits per heavy atom. The lowest BCUT2D eigenvalue weighted by Gasteiger charge is -1.89. The van der Waals surface area contributed by atoms with Crippen LogP contribution in [0.4, 0.5) is 0 Å². The average Bonchev–Trinajstić information content (AvgIpc) is 2.04. The van der Waals surface area contributed by atoms with Gasteiger partial charge in [0.25, 0.3) is 0 Å². The number of carbonyl (C=O) groups excluding carboxylic acids is 2. The number of aldehydes is 2. The molecule has 0 heterocycles. The number of rotatable bonds is 3. The minimum Gasteiger partial charge on any atom is -0.386 e. The number of aliphatic hydroxyl groups is 2. The molecule has 0 aliphatic heterocycles. The monoisotopic (exact) mass is 162 g/mol. The van der Waals surface area contributed by atoms with Crippen LogP contribution in [0.25, 0.3) is 0 Å². The van der Waals surface area contributed by atoms with Gasteiger partial charge in [-0.25, -0.2) is 0 Å². The van der Waals surface area contributed by atoms with Gasteiger partial charge in [0, 0.05) is 0 Å². The molecule has 0 aromatic heterocycles. The number of hydrogen-bond acceptors (Lipinski definition) is 4. The Morgan fingerprint density at radius 2 is 1.64 bits per heavy atom. The molecule has 0 rings (SSSR count). The first-order valence-corrected chi connectivity index (χ1v) is 3.35. The maximum absolute atomic E-state index is 9.49. The third-order valence-electron chi connectivity index (χ3n) is 0.772. The minimum atomic E-state index is -0.796. The molecule has 2 unspecified atom stereocenters. The number of hydrogen-bond donors (Lipinski definition) is 2. The normalized spacial score (nSPS) is 13.8. The van der Waals surface area contributed by atoms with E-state index in [0.29, 0.717) is 19.0 Å². The molecule has 0 aromatic carbocycles. The lowest BCUT2D eigenvalue weighted by molar-refractivity contribution is -0.115. The molecule has 0 spiro atoms. The third kappa shape index (κ3) is 17.6. The minimum absolute atomic E-state index is 0.472. The van der Waals surface area contributed by atoms with E-state index in [-0.39, 0.29) is 0 Å². The van der Waals surface area contributed by atoms with Gasteiger partial charge in [-0.15, -0.1) is 0 Å². The largest absolute Gasteiger partial charge is 0.386 e. The van der Waals surface area contributed by atoms with Gasteiger partial charge >= 0.3 is 0 Å². The summed E-state index contributed by atoms with van der Waals surface area (Å²) >= 11 is 0. The second-order valence-electron chi connectivity index (χ2n) is 1.99. The molecule has 0 fully saturated rings. The lowest BCUT2D eigenvalue weighted by Crippen LogP contribution is -2.03. The molecule has 0 bridgehead atoms.